The standard InChI is InChI=1S/C31H26N2O8/c1-20-18-32(31(38)33(27(20)34)28(35)21-11-5-2-6-12-21)26-17-24(41-30(37)23-15-9-4-10-16-23)25(40-26)19-39-29(36)22-13-7-3-8-14-22/h2-16,18,24-26H,17,19H2,1H3/t24-,25-,26-/m1/s1. The Kier molecular flexibility index (Phi) is 8.02. The number of nitrogens with zero attached hydrogens (tertiary/aromatic N) is 2. The fraction of sp³-hybridized carbons (Fsp3) is 0.194. The number of aryl methyl sites for hydroxylation is 1. The number of carbonyl (C=O) groups is 3. The third-order valence-electron chi connectivity index (χ3n) is 6.66. The van der Waals surface area contributed by atoms with Gasteiger partial charge in [-0.05, 0) is 43.3 Å². The molecule has 1 aliphatic heterocycles. The van der Waals surface area contributed by atoms with Gasteiger partial charge in [0, 0.05) is 23.7 Å². The summed E-state index contributed by atoms with van der Waals surface area (Å²) in [6.45, 7) is 1.21. The van der Waals surface area contributed by atoms with E-state index in [-0.39, 0.29) is 24.2 Å². The van der Waals surface area contributed by atoms with Gasteiger partial charge in [0.05, 0.1) is 11.1 Å². The Hall–Kier alpha value is -5.09. The number of rotatable bonds is 7. The lowest BCUT2D eigenvalue weighted by Crippen LogP contribution is -2.45. The van der Waals surface area contributed by atoms with Crippen LogP contribution in [0.2, 0.25) is 0 Å². The van der Waals surface area contributed by atoms with Crippen molar-refractivity contribution in [3.05, 3.63) is 140 Å². The van der Waals surface area contributed by atoms with Crippen molar-refractivity contribution in [1.82, 2.24) is 9.13 Å². The number of benzene rings is 3. The van der Waals surface area contributed by atoms with E-state index in [4.69, 9.17) is 14.2 Å². The Balaban J connectivity index is 1.44. The quantitative estimate of drug-likeness (QED) is 0.319. The van der Waals surface area contributed by atoms with Gasteiger partial charge < -0.3 is 14.2 Å². The van der Waals surface area contributed by atoms with Gasteiger partial charge in [-0.15, -0.1) is 0 Å². The molecule has 0 unspecified atom stereocenters. The minimum Gasteiger partial charge on any atom is -0.459 e. The van der Waals surface area contributed by atoms with Crippen molar-refractivity contribution in [1.29, 1.82) is 0 Å². The molecule has 3 aromatic carbocycles. The van der Waals surface area contributed by atoms with Crippen LogP contribution in [-0.2, 0) is 14.2 Å². The van der Waals surface area contributed by atoms with Crippen LogP contribution >= 0.6 is 0 Å². The third kappa shape index (κ3) is 5.92. The zero-order valence-corrected chi connectivity index (χ0v) is 22.0. The van der Waals surface area contributed by atoms with Crippen LogP contribution in [0.4, 0.5) is 0 Å². The highest BCUT2D eigenvalue weighted by atomic mass is 16.6. The molecule has 1 saturated heterocycles. The van der Waals surface area contributed by atoms with Gasteiger partial charge in [0.2, 0.25) is 0 Å². The van der Waals surface area contributed by atoms with Crippen molar-refractivity contribution >= 4 is 17.8 Å². The van der Waals surface area contributed by atoms with Crippen molar-refractivity contribution in [3.8, 4) is 0 Å². The van der Waals surface area contributed by atoms with Crippen LogP contribution in [-0.4, -0.2) is 45.8 Å². The first-order valence-corrected chi connectivity index (χ1v) is 12.9. The minimum absolute atomic E-state index is 0.00318. The van der Waals surface area contributed by atoms with Crippen LogP contribution in [0.15, 0.2) is 107 Å². The van der Waals surface area contributed by atoms with Gasteiger partial charge in [0.1, 0.15) is 25.0 Å². The molecule has 0 N–H and O–H groups in total. The molecule has 10 heteroatoms. The molecular formula is C31H26N2O8. The van der Waals surface area contributed by atoms with Crippen molar-refractivity contribution in [2.75, 3.05) is 6.61 Å². The summed E-state index contributed by atoms with van der Waals surface area (Å²) in [5.74, 6) is -2.00. The Bertz CT molecular complexity index is 1680. The predicted octanol–water partition coefficient (Wildman–Crippen LogP) is 3.38. The van der Waals surface area contributed by atoms with Gasteiger partial charge in [-0.3, -0.25) is 14.2 Å². The van der Waals surface area contributed by atoms with E-state index in [2.05, 4.69) is 0 Å². The minimum atomic E-state index is -1.02. The number of ether oxygens (including phenoxy) is 3. The molecule has 208 valence electrons. The first-order chi connectivity index (χ1) is 19.8. The van der Waals surface area contributed by atoms with Crippen LogP contribution in [0, 0.1) is 6.92 Å². The number of esters is 2. The topological polar surface area (TPSA) is 123 Å². The van der Waals surface area contributed by atoms with Gasteiger partial charge >= 0.3 is 17.6 Å². The van der Waals surface area contributed by atoms with E-state index in [1.165, 1.54) is 25.3 Å². The molecule has 10 nitrogen and oxygen atoms in total. The smallest absolute Gasteiger partial charge is 0.340 e. The second-order valence-corrected chi connectivity index (χ2v) is 9.45. The van der Waals surface area contributed by atoms with Crippen molar-refractivity contribution in [2.45, 2.75) is 31.8 Å². The molecule has 1 aliphatic rings. The summed E-state index contributed by atoms with van der Waals surface area (Å²) in [5.41, 5.74) is -0.719. The normalized spacial score (nSPS) is 18.0. The molecule has 0 aliphatic carbocycles. The van der Waals surface area contributed by atoms with Gasteiger partial charge in [-0.1, -0.05) is 54.6 Å². The van der Waals surface area contributed by atoms with Crippen LogP contribution in [0.1, 0.15) is 49.3 Å². The average Bonchev–Trinajstić information content (AvgIpc) is 3.41. The molecule has 0 bridgehead atoms. The van der Waals surface area contributed by atoms with Crippen LogP contribution < -0.4 is 11.2 Å². The molecule has 0 amide bonds. The molecule has 0 radical (unpaired) electrons. The molecule has 1 fully saturated rings. The maximum atomic E-state index is 13.5. The Morgan fingerprint density at radius 2 is 1.34 bits per heavy atom. The van der Waals surface area contributed by atoms with Crippen molar-refractivity contribution in [2.24, 2.45) is 0 Å². The first-order valence-electron chi connectivity index (χ1n) is 12.9. The third-order valence-corrected chi connectivity index (χ3v) is 6.66. The molecule has 0 spiro atoms. The molecule has 41 heavy (non-hydrogen) atoms. The first kappa shape index (κ1) is 27.5. The fourth-order valence-corrected chi connectivity index (χ4v) is 4.53. The summed E-state index contributed by atoms with van der Waals surface area (Å²) in [4.78, 5) is 64.9. The van der Waals surface area contributed by atoms with Crippen molar-refractivity contribution < 1.29 is 28.6 Å². The highest BCUT2D eigenvalue weighted by Gasteiger charge is 2.41. The summed E-state index contributed by atoms with van der Waals surface area (Å²) in [5, 5.41) is 0. The monoisotopic (exact) mass is 554 g/mol. The lowest BCUT2D eigenvalue weighted by atomic mass is 10.1. The number of hydrogen-bond acceptors (Lipinski definition) is 8. The summed E-state index contributed by atoms with van der Waals surface area (Å²) in [6, 6.07) is 24.7. The number of carbonyl (C=O) groups excluding carboxylic acids is 3. The maximum Gasteiger partial charge on any atom is 0.340 e. The van der Waals surface area contributed by atoms with Gasteiger partial charge in [-0.25, -0.2) is 14.4 Å². The zero-order valence-electron chi connectivity index (χ0n) is 22.0. The zero-order chi connectivity index (χ0) is 28.9. The SMILES string of the molecule is Cc1cn([C@H]2C[C@@H](OC(=O)c3ccccc3)[C@@H](COC(=O)c3ccccc3)O2)c(=O)n(C(=O)c2ccccc2)c1=O. The second kappa shape index (κ2) is 12.0. The van der Waals surface area contributed by atoms with Crippen LogP contribution in [0.5, 0.6) is 0 Å². The largest absolute Gasteiger partial charge is 0.459 e. The van der Waals surface area contributed by atoms with Crippen LogP contribution in [0.3, 0.4) is 0 Å². The Labute approximate surface area is 234 Å². The molecule has 5 rings (SSSR count). The molecule has 0 saturated carbocycles. The highest BCUT2D eigenvalue weighted by molar-refractivity contribution is 5.95. The van der Waals surface area contributed by atoms with Crippen LogP contribution in [0.25, 0.3) is 0 Å². The highest BCUT2D eigenvalue weighted by Crippen LogP contribution is 2.31. The number of aromatic nitrogens is 2. The summed E-state index contributed by atoms with van der Waals surface area (Å²) in [6.07, 6.45) is -1.56. The van der Waals surface area contributed by atoms with E-state index < -0.39 is 47.5 Å². The number of hydrogen-bond donors (Lipinski definition) is 0. The molecule has 1 aromatic heterocycles. The Morgan fingerprint density at radius 1 is 0.805 bits per heavy atom. The second-order valence-electron chi connectivity index (χ2n) is 9.45. The lowest BCUT2D eigenvalue weighted by Gasteiger charge is -2.19. The van der Waals surface area contributed by atoms with E-state index >= 15 is 0 Å². The van der Waals surface area contributed by atoms with E-state index in [1.54, 1.807) is 78.9 Å². The molecule has 2 heterocycles. The fourth-order valence-electron chi connectivity index (χ4n) is 4.53. The predicted molar refractivity (Wildman–Crippen MR) is 147 cm³/mol. The summed E-state index contributed by atoms with van der Waals surface area (Å²) >= 11 is 0. The van der Waals surface area contributed by atoms with E-state index in [0.717, 1.165) is 4.57 Å². The van der Waals surface area contributed by atoms with Crippen molar-refractivity contribution in [3.63, 3.8) is 0 Å². The Morgan fingerprint density at radius 3 is 1.93 bits per heavy atom. The van der Waals surface area contributed by atoms with E-state index in [0.29, 0.717) is 15.7 Å². The van der Waals surface area contributed by atoms with Gasteiger partial charge in [-0.2, -0.15) is 4.57 Å². The van der Waals surface area contributed by atoms with E-state index in [9.17, 15) is 24.0 Å². The van der Waals surface area contributed by atoms with E-state index in [1.807, 2.05) is 0 Å². The molecule has 4 aromatic rings. The lowest BCUT2D eigenvalue weighted by molar-refractivity contribution is -0.0584. The van der Waals surface area contributed by atoms with Gasteiger partial charge in [0.15, 0.2) is 0 Å². The molecular weight excluding hydrogens is 528 g/mol. The maximum absolute atomic E-state index is 13.5. The summed E-state index contributed by atoms with van der Waals surface area (Å²) in [7, 11) is 0. The molecule has 3 atom stereocenters. The average molecular weight is 555 g/mol. The van der Waals surface area contributed by atoms with Gasteiger partial charge in [0.25, 0.3) is 11.5 Å². The summed E-state index contributed by atoms with van der Waals surface area (Å²) < 4.78 is 19.0.